The van der Waals surface area contributed by atoms with Crippen LogP contribution in [0.3, 0.4) is 0 Å². The predicted molar refractivity (Wildman–Crippen MR) is 86.6 cm³/mol. The molecule has 20 heavy (non-hydrogen) atoms. The summed E-state index contributed by atoms with van der Waals surface area (Å²) in [5, 5.41) is 10.4. The number of rotatable bonds is 7. The molecule has 0 saturated carbocycles. The van der Waals surface area contributed by atoms with Crippen molar-refractivity contribution in [1.29, 1.82) is 0 Å². The number of benzene rings is 1. The molecule has 1 N–H and O–H groups in total. The Morgan fingerprint density at radius 2 is 1.75 bits per heavy atom. The molecule has 0 heterocycles. The Kier molecular flexibility index (Phi) is 5.51. The average Bonchev–Trinajstić information content (AvgIpc) is 2.85. The van der Waals surface area contributed by atoms with Gasteiger partial charge in [0.25, 0.3) is 0 Å². The second-order valence-electron chi connectivity index (χ2n) is 6.54. The summed E-state index contributed by atoms with van der Waals surface area (Å²) in [6.45, 7) is 6.49. The molecule has 112 valence electrons. The van der Waals surface area contributed by atoms with Crippen LogP contribution in [0.25, 0.3) is 0 Å². The fourth-order valence-corrected chi connectivity index (χ4v) is 3.74. The number of phenols is 1. The van der Waals surface area contributed by atoms with E-state index in [-0.39, 0.29) is 0 Å². The van der Waals surface area contributed by atoms with Crippen molar-refractivity contribution < 1.29 is 5.11 Å². The first-order chi connectivity index (χ1) is 9.65. The maximum atomic E-state index is 10.4. The van der Waals surface area contributed by atoms with Gasteiger partial charge in [0.15, 0.2) is 0 Å². The molecule has 0 saturated heterocycles. The lowest BCUT2D eigenvalue weighted by Gasteiger charge is -2.16. The maximum Gasteiger partial charge on any atom is 0.122 e. The zero-order valence-electron chi connectivity index (χ0n) is 13.5. The van der Waals surface area contributed by atoms with E-state index >= 15 is 0 Å². The molecule has 1 aliphatic rings. The summed E-state index contributed by atoms with van der Waals surface area (Å²) in [5.74, 6) is 1.19. The van der Waals surface area contributed by atoms with E-state index < -0.39 is 0 Å². The summed E-state index contributed by atoms with van der Waals surface area (Å²) < 4.78 is 0. The zero-order chi connectivity index (χ0) is 14.5. The number of hydrogen-bond acceptors (Lipinski definition) is 1. The molecule has 0 spiro atoms. The van der Waals surface area contributed by atoms with Gasteiger partial charge in [-0.15, -0.1) is 0 Å². The molecule has 0 amide bonds. The lowest BCUT2D eigenvalue weighted by atomic mass is 9.91. The standard InChI is InChI=1S/C19H30O/c1-4-5-6-7-8-9-10-16-11-12-17-14(2)13-15(3)19(20)18(16)17/h13,16,20H,4-12H2,1-3H3. The third kappa shape index (κ3) is 3.37. The molecule has 1 unspecified atom stereocenters. The summed E-state index contributed by atoms with van der Waals surface area (Å²) in [5.41, 5.74) is 5.15. The molecule has 2 rings (SSSR count). The van der Waals surface area contributed by atoms with Crippen LogP contribution in [0.5, 0.6) is 5.75 Å². The van der Waals surface area contributed by atoms with Crippen molar-refractivity contribution in [3.63, 3.8) is 0 Å². The third-order valence-corrected chi connectivity index (χ3v) is 4.92. The first-order valence-electron chi connectivity index (χ1n) is 8.47. The van der Waals surface area contributed by atoms with Crippen LogP contribution in [0.4, 0.5) is 0 Å². The normalized spacial score (nSPS) is 17.4. The van der Waals surface area contributed by atoms with Crippen LogP contribution in [0.1, 0.15) is 86.5 Å². The van der Waals surface area contributed by atoms with Crippen LogP contribution in [0.2, 0.25) is 0 Å². The van der Waals surface area contributed by atoms with Gasteiger partial charge in [0, 0.05) is 5.56 Å². The largest absolute Gasteiger partial charge is 0.507 e. The fourth-order valence-electron chi connectivity index (χ4n) is 3.74. The van der Waals surface area contributed by atoms with Crippen molar-refractivity contribution in [3.8, 4) is 5.75 Å². The summed E-state index contributed by atoms with van der Waals surface area (Å²) in [6.07, 6.45) is 11.8. The van der Waals surface area contributed by atoms with E-state index in [0.717, 1.165) is 12.0 Å². The van der Waals surface area contributed by atoms with Crippen molar-refractivity contribution in [2.45, 2.75) is 84.5 Å². The van der Waals surface area contributed by atoms with Gasteiger partial charge in [0.1, 0.15) is 5.75 Å². The van der Waals surface area contributed by atoms with Gasteiger partial charge in [-0.05, 0) is 55.7 Å². The summed E-state index contributed by atoms with van der Waals surface area (Å²) in [7, 11) is 0. The van der Waals surface area contributed by atoms with Crippen LogP contribution in [0.15, 0.2) is 6.07 Å². The molecule has 1 aliphatic carbocycles. The van der Waals surface area contributed by atoms with Crippen molar-refractivity contribution in [2.75, 3.05) is 0 Å². The van der Waals surface area contributed by atoms with Gasteiger partial charge in [0.2, 0.25) is 0 Å². The van der Waals surface area contributed by atoms with Crippen molar-refractivity contribution >= 4 is 0 Å². The molecule has 0 fully saturated rings. The van der Waals surface area contributed by atoms with Crippen LogP contribution in [0, 0.1) is 13.8 Å². The minimum absolute atomic E-state index is 0.582. The van der Waals surface area contributed by atoms with E-state index in [1.807, 2.05) is 6.92 Å². The van der Waals surface area contributed by atoms with E-state index in [1.54, 1.807) is 0 Å². The Hall–Kier alpha value is -0.980. The van der Waals surface area contributed by atoms with Gasteiger partial charge in [-0.25, -0.2) is 0 Å². The molecule has 0 radical (unpaired) electrons. The average molecular weight is 274 g/mol. The van der Waals surface area contributed by atoms with Gasteiger partial charge in [-0.3, -0.25) is 0 Å². The zero-order valence-corrected chi connectivity index (χ0v) is 13.5. The molecule has 0 aliphatic heterocycles. The molecule has 0 bridgehead atoms. The first kappa shape index (κ1) is 15.4. The Balaban J connectivity index is 1.91. The maximum absolute atomic E-state index is 10.4. The van der Waals surface area contributed by atoms with E-state index in [9.17, 15) is 5.11 Å². The van der Waals surface area contributed by atoms with E-state index in [2.05, 4.69) is 19.9 Å². The van der Waals surface area contributed by atoms with Crippen LogP contribution in [-0.4, -0.2) is 5.11 Å². The number of phenolic OH excluding ortho intramolecular Hbond substituents is 1. The Morgan fingerprint density at radius 1 is 1.05 bits per heavy atom. The lowest BCUT2D eigenvalue weighted by molar-refractivity contribution is 0.451. The number of aryl methyl sites for hydroxylation is 2. The number of unbranched alkanes of at least 4 members (excludes halogenated alkanes) is 5. The second kappa shape index (κ2) is 7.15. The van der Waals surface area contributed by atoms with E-state index in [4.69, 9.17) is 0 Å². The number of hydrogen-bond donors (Lipinski definition) is 1. The summed E-state index contributed by atoms with van der Waals surface area (Å²) in [4.78, 5) is 0. The molecule has 1 atom stereocenters. The highest BCUT2D eigenvalue weighted by Gasteiger charge is 2.27. The molecular formula is C19H30O. The SMILES string of the molecule is CCCCCCCCC1CCc2c(C)cc(C)c(O)c21. The Morgan fingerprint density at radius 3 is 2.50 bits per heavy atom. The van der Waals surface area contributed by atoms with Crippen LogP contribution >= 0.6 is 0 Å². The summed E-state index contributed by atoms with van der Waals surface area (Å²) in [6, 6.07) is 2.14. The minimum atomic E-state index is 0.582. The van der Waals surface area contributed by atoms with Gasteiger partial charge >= 0.3 is 0 Å². The highest BCUT2D eigenvalue weighted by Crippen LogP contribution is 2.44. The molecular weight excluding hydrogens is 244 g/mol. The fraction of sp³-hybridized carbons (Fsp3) is 0.684. The Bertz CT molecular complexity index is 448. The van der Waals surface area contributed by atoms with Crippen molar-refractivity contribution in [1.82, 2.24) is 0 Å². The van der Waals surface area contributed by atoms with Crippen molar-refractivity contribution in [2.24, 2.45) is 0 Å². The quantitative estimate of drug-likeness (QED) is 0.624. The lowest BCUT2D eigenvalue weighted by Crippen LogP contribution is -1.97. The molecule has 1 aromatic rings. The van der Waals surface area contributed by atoms with E-state index in [1.165, 1.54) is 68.1 Å². The third-order valence-electron chi connectivity index (χ3n) is 4.92. The number of fused-ring (bicyclic) bond motifs is 1. The predicted octanol–water partition coefficient (Wildman–Crippen LogP) is 5.79. The Labute approximate surface area is 124 Å². The molecule has 1 heteroatoms. The molecule has 1 aromatic carbocycles. The first-order valence-corrected chi connectivity index (χ1v) is 8.47. The highest BCUT2D eigenvalue weighted by atomic mass is 16.3. The van der Waals surface area contributed by atoms with Gasteiger partial charge in [0.05, 0.1) is 0 Å². The molecule has 0 aromatic heterocycles. The highest BCUT2D eigenvalue weighted by molar-refractivity contribution is 5.53. The number of aromatic hydroxyl groups is 1. The van der Waals surface area contributed by atoms with Gasteiger partial charge in [-0.2, -0.15) is 0 Å². The topological polar surface area (TPSA) is 20.2 Å². The smallest absolute Gasteiger partial charge is 0.122 e. The second-order valence-corrected chi connectivity index (χ2v) is 6.54. The van der Waals surface area contributed by atoms with Gasteiger partial charge in [-0.1, -0.05) is 51.5 Å². The van der Waals surface area contributed by atoms with E-state index in [0.29, 0.717) is 11.7 Å². The minimum Gasteiger partial charge on any atom is -0.507 e. The van der Waals surface area contributed by atoms with Crippen molar-refractivity contribution in [3.05, 3.63) is 28.3 Å². The van der Waals surface area contributed by atoms with Crippen LogP contribution in [-0.2, 0) is 6.42 Å². The van der Waals surface area contributed by atoms with Crippen LogP contribution < -0.4 is 0 Å². The molecule has 1 nitrogen and oxygen atoms in total. The monoisotopic (exact) mass is 274 g/mol. The summed E-state index contributed by atoms with van der Waals surface area (Å²) >= 11 is 0. The van der Waals surface area contributed by atoms with Gasteiger partial charge < -0.3 is 5.11 Å².